The van der Waals surface area contributed by atoms with E-state index in [1.54, 1.807) is 24.3 Å². The van der Waals surface area contributed by atoms with Gasteiger partial charge in [-0.2, -0.15) is 0 Å². The summed E-state index contributed by atoms with van der Waals surface area (Å²) in [4.78, 5) is 13.8. The van der Waals surface area contributed by atoms with Crippen molar-refractivity contribution in [1.82, 2.24) is 4.90 Å². The summed E-state index contributed by atoms with van der Waals surface area (Å²) in [6, 6.07) is 7.25. The number of carbonyl (C=O) groups excluding carboxylic acids is 1. The molecule has 18 heavy (non-hydrogen) atoms. The largest absolute Gasteiger partial charge is 0.484 e. The minimum atomic E-state index is 0.0173. The molecule has 1 aromatic carbocycles. The SMILES string of the molecule is CCCN(C(=O)COc1ccc(N)cc1)C(C)C. The van der Waals surface area contributed by atoms with Gasteiger partial charge < -0.3 is 15.4 Å². The summed E-state index contributed by atoms with van der Waals surface area (Å²) in [7, 11) is 0. The van der Waals surface area contributed by atoms with Gasteiger partial charge in [0.25, 0.3) is 5.91 Å². The van der Waals surface area contributed by atoms with E-state index >= 15 is 0 Å². The number of hydrogen-bond acceptors (Lipinski definition) is 3. The molecule has 0 unspecified atom stereocenters. The van der Waals surface area contributed by atoms with Gasteiger partial charge in [-0.1, -0.05) is 6.92 Å². The van der Waals surface area contributed by atoms with Crippen LogP contribution < -0.4 is 10.5 Å². The zero-order valence-electron chi connectivity index (χ0n) is 11.3. The molecule has 0 aliphatic carbocycles. The van der Waals surface area contributed by atoms with E-state index in [2.05, 4.69) is 6.92 Å². The van der Waals surface area contributed by atoms with Gasteiger partial charge in [0, 0.05) is 18.3 Å². The quantitative estimate of drug-likeness (QED) is 0.788. The number of nitrogens with zero attached hydrogens (tertiary/aromatic N) is 1. The second-order valence-electron chi connectivity index (χ2n) is 4.54. The molecule has 0 saturated heterocycles. The fraction of sp³-hybridized carbons (Fsp3) is 0.500. The third kappa shape index (κ3) is 4.28. The van der Waals surface area contributed by atoms with Crippen molar-refractivity contribution in [3.63, 3.8) is 0 Å². The number of carbonyl (C=O) groups is 1. The highest BCUT2D eigenvalue weighted by molar-refractivity contribution is 5.78. The molecule has 1 amide bonds. The summed E-state index contributed by atoms with van der Waals surface area (Å²) in [5.41, 5.74) is 6.26. The molecule has 100 valence electrons. The van der Waals surface area contributed by atoms with E-state index in [9.17, 15) is 4.79 Å². The fourth-order valence-corrected chi connectivity index (χ4v) is 1.70. The zero-order valence-corrected chi connectivity index (χ0v) is 11.3. The Morgan fingerprint density at radius 1 is 1.33 bits per heavy atom. The normalized spacial score (nSPS) is 10.4. The molecule has 0 bridgehead atoms. The third-order valence-electron chi connectivity index (χ3n) is 2.65. The van der Waals surface area contributed by atoms with Gasteiger partial charge in [-0.05, 0) is 44.5 Å². The van der Waals surface area contributed by atoms with Crippen molar-refractivity contribution in [2.24, 2.45) is 0 Å². The maximum absolute atomic E-state index is 12.0. The lowest BCUT2D eigenvalue weighted by atomic mass is 10.3. The standard InChI is InChI=1S/C14H22N2O2/c1-4-9-16(11(2)3)14(17)10-18-13-7-5-12(15)6-8-13/h5-8,11H,4,9-10,15H2,1-3H3. The zero-order chi connectivity index (χ0) is 13.5. The molecule has 4 heteroatoms. The van der Waals surface area contributed by atoms with Gasteiger partial charge in [0.2, 0.25) is 0 Å². The summed E-state index contributed by atoms with van der Waals surface area (Å²) in [6.45, 7) is 6.92. The number of benzene rings is 1. The number of nitrogen functional groups attached to an aromatic ring is 1. The van der Waals surface area contributed by atoms with Crippen LogP contribution in [0, 0.1) is 0 Å². The summed E-state index contributed by atoms with van der Waals surface area (Å²) in [5.74, 6) is 0.682. The molecule has 0 heterocycles. The highest BCUT2D eigenvalue weighted by atomic mass is 16.5. The van der Waals surface area contributed by atoms with Gasteiger partial charge in [-0.3, -0.25) is 4.79 Å². The molecular weight excluding hydrogens is 228 g/mol. The molecule has 0 atom stereocenters. The predicted octanol–water partition coefficient (Wildman–Crippen LogP) is 2.29. The Kier molecular flexibility index (Phi) is 5.49. The monoisotopic (exact) mass is 250 g/mol. The highest BCUT2D eigenvalue weighted by Crippen LogP contribution is 2.13. The van der Waals surface area contributed by atoms with E-state index < -0.39 is 0 Å². The van der Waals surface area contributed by atoms with Crippen molar-refractivity contribution >= 4 is 11.6 Å². The number of amides is 1. The molecule has 0 radical (unpaired) electrons. The van der Waals surface area contributed by atoms with Gasteiger partial charge in [-0.25, -0.2) is 0 Å². The summed E-state index contributed by atoms with van der Waals surface area (Å²) >= 11 is 0. The van der Waals surface area contributed by atoms with Gasteiger partial charge in [-0.15, -0.1) is 0 Å². The van der Waals surface area contributed by atoms with Crippen LogP contribution in [0.4, 0.5) is 5.69 Å². The lowest BCUT2D eigenvalue weighted by molar-refractivity contribution is -0.135. The average molecular weight is 250 g/mol. The van der Waals surface area contributed by atoms with E-state index in [1.165, 1.54) is 0 Å². The highest BCUT2D eigenvalue weighted by Gasteiger charge is 2.16. The first-order chi connectivity index (χ1) is 8.54. The molecule has 0 spiro atoms. The lowest BCUT2D eigenvalue weighted by Gasteiger charge is -2.26. The van der Waals surface area contributed by atoms with Crippen LogP contribution in [0.15, 0.2) is 24.3 Å². The van der Waals surface area contributed by atoms with E-state index in [0.29, 0.717) is 11.4 Å². The van der Waals surface area contributed by atoms with E-state index in [0.717, 1.165) is 13.0 Å². The van der Waals surface area contributed by atoms with E-state index in [-0.39, 0.29) is 18.6 Å². The molecular formula is C14H22N2O2. The Bertz CT molecular complexity index is 374. The molecule has 1 aromatic rings. The van der Waals surface area contributed by atoms with E-state index in [4.69, 9.17) is 10.5 Å². The minimum Gasteiger partial charge on any atom is -0.484 e. The topological polar surface area (TPSA) is 55.6 Å². The van der Waals surface area contributed by atoms with Gasteiger partial charge in [0.15, 0.2) is 6.61 Å². The Labute approximate surface area is 109 Å². The predicted molar refractivity (Wildman–Crippen MR) is 73.5 cm³/mol. The van der Waals surface area contributed by atoms with Crippen molar-refractivity contribution in [3.05, 3.63) is 24.3 Å². The van der Waals surface area contributed by atoms with Crippen LogP contribution in [0.5, 0.6) is 5.75 Å². The third-order valence-corrected chi connectivity index (χ3v) is 2.65. The van der Waals surface area contributed by atoms with Crippen LogP contribution in [-0.2, 0) is 4.79 Å². The maximum Gasteiger partial charge on any atom is 0.260 e. The molecule has 1 rings (SSSR count). The Morgan fingerprint density at radius 3 is 2.44 bits per heavy atom. The molecule has 0 aromatic heterocycles. The molecule has 0 saturated carbocycles. The minimum absolute atomic E-state index is 0.0173. The van der Waals surface area contributed by atoms with Gasteiger partial charge in [0.1, 0.15) is 5.75 Å². The second-order valence-corrected chi connectivity index (χ2v) is 4.54. The number of rotatable bonds is 6. The van der Waals surface area contributed by atoms with Crippen molar-refractivity contribution < 1.29 is 9.53 Å². The fourth-order valence-electron chi connectivity index (χ4n) is 1.70. The van der Waals surface area contributed by atoms with Crippen LogP contribution in [0.25, 0.3) is 0 Å². The van der Waals surface area contributed by atoms with Crippen LogP contribution in [-0.4, -0.2) is 30.0 Å². The molecule has 0 aliphatic rings. The van der Waals surface area contributed by atoms with Gasteiger partial charge in [0.05, 0.1) is 0 Å². The smallest absolute Gasteiger partial charge is 0.260 e. The number of nitrogens with two attached hydrogens (primary N) is 1. The first-order valence-electron chi connectivity index (χ1n) is 6.32. The Morgan fingerprint density at radius 2 is 1.94 bits per heavy atom. The molecule has 4 nitrogen and oxygen atoms in total. The Hall–Kier alpha value is -1.71. The number of ether oxygens (including phenoxy) is 1. The number of hydrogen-bond donors (Lipinski definition) is 1. The molecule has 0 fully saturated rings. The molecule has 2 N–H and O–H groups in total. The van der Waals surface area contributed by atoms with E-state index in [1.807, 2.05) is 18.7 Å². The second kappa shape index (κ2) is 6.89. The van der Waals surface area contributed by atoms with Crippen LogP contribution in [0.1, 0.15) is 27.2 Å². The van der Waals surface area contributed by atoms with Crippen LogP contribution in [0.2, 0.25) is 0 Å². The lowest BCUT2D eigenvalue weighted by Crippen LogP contribution is -2.40. The van der Waals surface area contributed by atoms with Crippen LogP contribution in [0.3, 0.4) is 0 Å². The summed E-state index contributed by atoms with van der Waals surface area (Å²) < 4.78 is 5.45. The molecule has 0 aliphatic heterocycles. The first kappa shape index (κ1) is 14.4. The summed E-state index contributed by atoms with van der Waals surface area (Å²) in [6.07, 6.45) is 0.950. The maximum atomic E-state index is 12.0. The van der Waals surface area contributed by atoms with Crippen molar-refractivity contribution in [1.29, 1.82) is 0 Å². The van der Waals surface area contributed by atoms with Gasteiger partial charge >= 0.3 is 0 Å². The van der Waals surface area contributed by atoms with Crippen molar-refractivity contribution in [2.75, 3.05) is 18.9 Å². The van der Waals surface area contributed by atoms with Crippen molar-refractivity contribution in [2.45, 2.75) is 33.2 Å². The Balaban J connectivity index is 2.51. The summed E-state index contributed by atoms with van der Waals surface area (Å²) in [5, 5.41) is 0. The average Bonchev–Trinajstić information content (AvgIpc) is 2.34. The number of anilines is 1. The van der Waals surface area contributed by atoms with Crippen LogP contribution >= 0.6 is 0 Å². The van der Waals surface area contributed by atoms with Crippen molar-refractivity contribution in [3.8, 4) is 5.75 Å². The first-order valence-corrected chi connectivity index (χ1v) is 6.32.